The van der Waals surface area contributed by atoms with E-state index < -0.39 is 0 Å². The fourth-order valence-electron chi connectivity index (χ4n) is 3.88. The van der Waals surface area contributed by atoms with Crippen LogP contribution in [0.3, 0.4) is 0 Å². The highest BCUT2D eigenvalue weighted by molar-refractivity contribution is 6.30. The van der Waals surface area contributed by atoms with Gasteiger partial charge in [-0.3, -0.25) is 0 Å². The molecule has 0 radical (unpaired) electrons. The molecule has 0 spiro atoms. The molecule has 0 bridgehead atoms. The van der Waals surface area contributed by atoms with E-state index in [0.717, 1.165) is 36.3 Å². The Bertz CT molecular complexity index is 482. The summed E-state index contributed by atoms with van der Waals surface area (Å²) in [5, 5.41) is 4.51. The number of halogens is 1. The zero-order valence-corrected chi connectivity index (χ0v) is 13.7. The first-order valence-corrected chi connectivity index (χ1v) is 8.84. The molecule has 1 aromatic rings. The van der Waals surface area contributed by atoms with Gasteiger partial charge in [-0.15, -0.1) is 0 Å². The lowest BCUT2D eigenvalue weighted by atomic mass is 9.83. The van der Waals surface area contributed by atoms with Crippen molar-refractivity contribution in [3.63, 3.8) is 0 Å². The van der Waals surface area contributed by atoms with E-state index >= 15 is 0 Å². The average molecular weight is 308 g/mol. The van der Waals surface area contributed by atoms with Crippen LogP contribution >= 0.6 is 11.6 Å². The summed E-state index contributed by atoms with van der Waals surface area (Å²) < 4.78 is 5.90. The first-order valence-electron chi connectivity index (χ1n) is 8.46. The van der Waals surface area contributed by atoms with E-state index in [4.69, 9.17) is 16.3 Å². The Kier molecular flexibility index (Phi) is 5.07. The minimum Gasteiger partial charge on any atom is -0.493 e. The molecule has 1 N–H and O–H groups in total. The zero-order chi connectivity index (χ0) is 14.7. The van der Waals surface area contributed by atoms with E-state index in [1.807, 2.05) is 0 Å². The molecule has 2 nitrogen and oxygen atoms in total. The monoisotopic (exact) mass is 307 g/mol. The third kappa shape index (κ3) is 3.54. The van der Waals surface area contributed by atoms with Crippen LogP contribution in [0.1, 0.15) is 62.6 Å². The van der Waals surface area contributed by atoms with Crippen molar-refractivity contribution in [2.75, 3.05) is 13.2 Å². The summed E-state index contributed by atoms with van der Waals surface area (Å²) >= 11 is 6.33. The number of hydrogen-bond donors (Lipinski definition) is 1. The van der Waals surface area contributed by atoms with Gasteiger partial charge < -0.3 is 10.1 Å². The second-order valence-electron chi connectivity index (χ2n) is 6.43. The van der Waals surface area contributed by atoms with Crippen LogP contribution in [0, 0.1) is 5.92 Å². The van der Waals surface area contributed by atoms with Gasteiger partial charge in [0.05, 0.1) is 6.61 Å². The SMILES string of the molecule is CCNC(CC1CCCCC1)c1cc(Cl)cc2c1OCC2. The van der Waals surface area contributed by atoms with Gasteiger partial charge >= 0.3 is 0 Å². The lowest BCUT2D eigenvalue weighted by molar-refractivity contribution is 0.294. The zero-order valence-electron chi connectivity index (χ0n) is 13.0. The summed E-state index contributed by atoms with van der Waals surface area (Å²) in [7, 11) is 0. The number of fused-ring (bicyclic) bond motifs is 1. The van der Waals surface area contributed by atoms with Gasteiger partial charge in [-0.1, -0.05) is 50.6 Å². The topological polar surface area (TPSA) is 21.3 Å². The standard InChI is InChI=1S/C18H26ClNO/c1-2-20-17(10-13-6-4-3-5-7-13)16-12-15(19)11-14-8-9-21-18(14)16/h11-13,17,20H,2-10H2,1H3. The van der Waals surface area contributed by atoms with Crippen LogP contribution in [0.5, 0.6) is 5.75 Å². The van der Waals surface area contributed by atoms with E-state index in [2.05, 4.69) is 24.4 Å². The van der Waals surface area contributed by atoms with Gasteiger partial charge in [-0.2, -0.15) is 0 Å². The van der Waals surface area contributed by atoms with Crippen LogP contribution in [0.25, 0.3) is 0 Å². The van der Waals surface area contributed by atoms with E-state index in [1.165, 1.54) is 49.7 Å². The van der Waals surface area contributed by atoms with Crippen LogP contribution in [0.4, 0.5) is 0 Å². The van der Waals surface area contributed by atoms with Crippen molar-refractivity contribution in [2.45, 2.75) is 57.9 Å². The van der Waals surface area contributed by atoms with Gasteiger partial charge in [0.1, 0.15) is 5.75 Å². The molecule has 1 aromatic carbocycles. The predicted molar refractivity (Wildman–Crippen MR) is 88.3 cm³/mol. The molecule has 1 fully saturated rings. The lowest BCUT2D eigenvalue weighted by Gasteiger charge is -2.28. The normalized spacial score (nSPS) is 20.1. The molecule has 3 rings (SSSR count). The summed E-state index contributed by atoms with van der Waals surface area (Å²) in [5.41, 5.74) is 2.56. The molecule has 1 heterocycles. The molecular weight excluding hydrogens is 282 g/mol. The van der Waals surface area contributed by atoms with Gasteiger partial charge in [0.15, 0.2) is 0 Å². The Morgan fingerprint density at radius 1 is 1.29 bits per heavy atom. The summed E-state index contributed by atoms with van der Waals surface area (Å²) in [4.78, 5) is 0. The Hall–Kier alpha value is -0.730. The molecule has 1 aliphatic carbocycles. The van der Waals surface area contributed by atoms with Gasteiger partial charge in [-0.25, -0.2) is 0 Å². The highest BCUT2D eigenvalue weighted by atomic mass is 35.5. The minimum absolute atomic E-state index is 0.378. The van der Waals surface area contributed by atoms with E-state index in [9.17, 15) is 0 Å². The minimum atomic E-state index is 0.378. The molecule has 0 saturated heterocycles. The van der Waals surface area contributed by atoms with Crippen molar-refractivity contribution in [1.82, 2.24) is 5.32 Å². The molecule has 1 aliphatic heterocycles. The number of ether oxygens (including phenoxy) is 1. The molecule has 0 aromatic heterocycles. The van der Waals surface area contributed by atoms with E-state index in [0.29, 0.717) is 6.04 Å². The molecule has 1 saturated carbocycles. The van der Waals surface area contributed by atoms with Crippen LogP contribution in [-0.2, 0) is 6.42 Å². The first-order chi connectivity index (χ1) is 10.3. The van der Waals surface area contributed by atoms with Crippen LogP contribution in [0.15, 0.2) is 12.1 Å². The molecule has 3 heteroatoms. The molecule has 116 valence electrons. The third-order valence-corrected chi connectivity index (χ3v) is 5.12. The third-order valence-electron chi connectivity index (χ3n) is 4.90. The molecule has 1 unspecified atom stereocenters. The van der Waals surface area contributed by atoms with Crippen molar-refractivity contribution in [1.29, 1.82) is 0 Å². The number of hydrogen-bond acceptors (Lipinski definition) is 2. The first kappa shape index (κ1) is 15.2. The highest BCUT2D eigenvalue weighted by Gasteiger charge is 2.26. The highest BCUT2D eigenvalue weighted by Crippen LogP contribution is 2.40. The Morgan fingerprint density at radius 3 is 2.86 bits per heavy atom. The number of benzene rings is 1. The summed E-state index contributed by atoms with van der Waals surface area (Å²) in [6, 6.07) is 4.56. The fourth-order valence-corrected chi connectivity index (χ4v) is 4.13. The maximum atomic E-state index is 6.33. The predicted octanol–water partition coefficient (Wildman–Crippen LogP) is 4.90. The maximum Gasteiger partial charge on any atom is 0.127 e. The molecular formula is C18H26ClNO. The number of rotatable bonds is 5. The summed E-state index contributed by atoms with van der Waals surface area (Å²) in [6.45, 7) is 3.96. The molecule has 2 aliphatic rings. The Balaban J connectivity index is 1.83. The Morgan fingerprint density at radius 2 is 2.10 bits per heavy atom. The second-order valence-corrected chi connectivity index (χ2v) is 6.87. The average Bonchev–Trinajstić information content (AvgIpc) is 2.95. The maximum absolute atomic E-state index is 6.33. The molecule has 0 amide bonds. The lowest BCUT2D eigenvalue weighted by Crippen LogP contribution is -2.25. The van der Waals surface area contributed by atoms with Crippen molar-refractivity contribution < 1.29 is 4.74 Å². The smallest absolute Gasteiger partial charge is 0.127 e. The summed E-state index contributed by atoms with van der Waals surface area (Å²) in [5.74, 6) is 1.94. The van der Waals surface area contributed by atoms with E-state index in [1.54, 1.807) is 0 Å². The van der Waals surface area contributed by atoms with Gasteiger partial charge in [-0.05, 0) is 36.6 Å². The second kappa shape index (κ2) is 7.02. The number of nitrogens with one attached hydrogen (secondary N) is 1. The van der Waals surface area contributed by atoms with Crippen LogP contribution in [0.2, 0.25) is 5.02 Å². The van der Waals surface area contributed by atoms with Crippen molar-refractivity contribution in [3.8, 4) is 5.75 Å². The van der Waals surface area contributed by atoms with Crippen molar-refractivity contribution in [2.24, 2.45) is 5.92 Å². The fraction of sp³-hybridized carbons (Fsp3) is 0.667. The van der Waals surface area contributed by atoms with Crippen LogP contribution in [-0.4, -0.2) is 13.2 Å². The van der Waals surface area contributed by atoms with Crippen molar-refractivity contribution >= 4 is 11.6 Å². The summed E-state index contributed by atoms with van der Waals surface area (Å²) in [6.07, 6.45) is 9.17. The van der Waals surface area contributed by atoms with E-state index in [-0.39, 0.29) is 0 Å². The largest absolute Gasteiger partial charge is 0.493 e. The quantitative estimate of drug-likeness (QED) is 0.835. The molecule has 1 atom stereocenters. The van der Waals surface area contributed by atoms with Crippen molar-refractivity contribution in [3.05, 3.63) is 28.3 Å². The van der Waals surface area contributed by atoms with Crippen LogP contribution < -0.4 is 10.1 Å². The molecule has 21 heavy (non-hydrogen) atoms. The van der Waals surface area contributed by atoms with Gasteiger partial charge in [0, 0.05) is 23.0 Å². The van der Waals surface area contributed by atoms with Gasteiger partial charge in [0.25, 0.3) is 0 Å². The van der Waals surface area contributed by atoms with Gasteiger partial charge in [0.2, 0.25) is 0 Å². The Labute approximate surface area is 133 Å².